The third kappa shape index (κ3) is 3.28. The van der Waals surface area contributed by atoms with Crippen LogP contribution in [-0.2, 0) is 6.42 Å². The van der Waals surface area contributed by atoms with Crippen molar-refractivity contribution < 1.29 is 0 Å². The predicted octanol–water partition coefficient (Wildman–Crippen LogP) is 3.26. The Morgan fingerprint density at radius 3 is 2.94 bits per heavy atom. The van der Waals surface area contributed by atoms with E-state index < -0.39 is 0 Å². The summed E-state index contributed by atoms with van der Waals surface area (Å²) in [6.07, 6.45) is 6.46. The molecule has 1 N–H and O–H groups in total. The average Bonchev–Trinajstić information content (AvgIpc) is 2.64. The first-order chi connectivity index (χ1) is 7.74. The molecule has 0 unspecified atom stereocenters. The van der Waals surface area contributed by atoms with Gasteiger partial charge in [-0.25, -0.2) is 4.98 Å². The Hall–Kier alpha value is -0.940. The number of pyridine rings is 1. The number of nitrogens with one attached hydrogen (secondary N) is 1. The summed E-state index contributed by atoms with van der Waals surface area (Å²) in [7, 11) is 0. The van der Waals surface area contributed by atoms with E-state index in [0.29, 0.717) is 0 Å². The van der Waals surface area contributed by atoms with Gasteiger partial charge in [-0.3, -0.25) is 4.98 Å². The zero-order chi connectivity index (χ0) is 11.4. The summed E-state index contributed by atoms with van der Waals surface area (Å²) < 4.78 is 0.989. The second-order valence-electron chi connectivity index (χ2n) is 3.43. The van der Waals surface area contributed by atoms with Crippen molar-refractivity contribution in [3.05, 3.63) is 39.0 Å². The van der Waals surface area contributed by atoms with Crippen LogP contribution in [0.2, 0.25) is 0 Å². The number of aryl methyl sites for hydroxylation is 1. The predicted molar refractivity (Wildman–Crippen MR) is 71.0 cm³/mol. The molecule has 0 aromatic carbocycles. The molecule has 2 aromatic rings. The molecule has 0 atom stereocenters. The minimum Gasteiger partial charge on any atom is -0.383 e. The van der Waals surface area contributed by atoms with Crippen molar-refractivity contribution in [2.75, 3.05) is 11.9 Å². The van der Waals surface area contributed by atoms with Crippen molar-refractivity contribution in [3.63, 3.8) is 0 Å². The Bertz CT molecular complexity index is 470. The molecule has 0 radical (unpaired) electrons. The SMILES string of the molecule is Cc1cnc(CCNc2cncc(Br)c2)s1. The smallest absolute Gasteiger partial charge is 0.0945 e. The summed E-state index contributed by atoms with van der Waals surface area (Å²) in [5.74, 6) is 0. The molecule has 2 aromatic heterocycles. The van der Waals surface area contributed by atoms with Crippen molar-refractivity contribution in [1.29, 1.82) is 0 Å². The zero-order valence-electron chi connectivity index (χ0n) is 8.90. The van der Waals surface area contributed by atoms with Gasteiger partial charge < -0.3 is 5.32 Å². The Morgan fingerprint density at radius 1 is 1.38 bits per heavy atom. The number of halogens is 1. The van der Waals surface area contributed by atoms with Gasteiger partial charge in [0, 0.05) is 34.7 Å². The third-order valence-corrected chi connectivity index (χ3v) is 3.45. The maximum absolute atomic E-state index is 4.32. The van der Waals surface area contributed by atoms with E-state index in [1.165, 1.54) is 9.88 Å². The van der Waals surface area contributed by atoms with Gasteiger partial charge in [-0.15, -0.1) is 11.3 Å². The number of hydrogen-bond donors (Lipinski definition) is 1. The molecule has 0 aliphatic carbocycles. The van der Waals surface area contributed by atoms with E-state index in [9.17, 15) is 0 Å². The van der Waals surface area contributed by atoms with E-state index in [1.807, 2.05) is 18.5 Å². The van der Waals surface area contributed by atoms with Crippen LogP contribution in [0.4, 0.5) is 5.69 Å². The summed E-state index contributed by atoms with van der Waals surface area (Å²) in [5.41, 5.74) is 1.03. The van der Waals surface area contributed by atoms with Gasteiger partial charge in [-0.2, -0.15) is 0 Å². The fourth-order valence-corrected chi connectivity index (χ4v) is 2.49. The maximum Gasteiger partial charge on any atom is 0.0945 e. The van der Waals surface area contributed by atoms with E-state index in [2.05, 4.69) is 38.1 Å². The first-order valence-electron chi connectivity index (χ1n) is 5.00. The van der Waals surface area contributed by atoms with Gasteiger partial charge in [0.2, 0.25) is 0 Å². The van der Waals surface area contributed by atoms with Crippen LogP contribution in [0.3, 0.4) is 0 Å². The maximum atomic E-state index is 4.32. The van der Waals surface area contributed by atoms with Gasteiger partial charge in [-0.1, -0.05) is 0 Å². The highest BCUT2D eigenvalue weighted by atomic mass is 79.9. The van der Waals surface area contributed by atoms with Crippen LogP contribution in [0.15, 0.2) is 29.1 Å². The van der Waals surface area contributed by atoms with Crippen LogP contribution in [-0.4, -0.2) is 16.5 Å². The normalized spacial score (nSPS) is 10.4. The molecule has 84 valence electrons. The summed E-state index contributed by atoms with van der Waals surface area (Å²) in [4.78, 5) is 9.67. The molecule has 0 spiro atoms. The Morgan fingerprint density at radius 2 is 2.25 bits per heavy atom. The highest BCUT2D eigenvalue weighted by Crippen LogP contribution is 2.15. The molecular formula is C11H12BrN3S. The molecule has 2 heterocycles. The van der Waals surface area contributed by atoms with E-state index in [4.69, 9.17) is 0 Å². The first kappa shape index (κ1) is 11.5. The van der Waals surface area contributed by atoms with Crippen LogP contribution in [0.5, 0.6) is 0 Å². The summed E-state index contributed by atoms with van der Waals surface area (Å²) in [6, 6.07) is 2.01. The minimum atomic E-state index is 0.880. The van der Waals surface area contributed by atoms with Crippen LogP contribution >= 0.6 is 27.3 Å². The fraction of sp³-hybridized carbons (Fsp3) is 0.273. The van der Waals surface area contributed by atoms with E-state index in [0.717, 1.165) is 23.1 Å². The van der Waals surface area contributed by atoms with Crippen molar-refractivity contribution in [2.24, 2.45) is 0 Å². The van der Waals surface area contributed by atoms with Gasteiger partial charge in [0.05, 0.1) is 16.9 Å². The molecule has 0 fully saturated rings. The second-order valence-corrected chi connectivity index (χ2v) is 5.67. The molecule has 0 amide bonds. The number of rotatable bonds is 4. The summed E-state index contributed by atoms with van der Waals surface area (Å²) in [6.45, 7) is 2.96. The number of anilines is 1. The van der Waals surface area contributed by atoms with Gasteiger partial charge in [0.1, 0.15) is 0 Å². The molecule has 0 aliphatic rings. The zero-order valence-corrected chi connectivity index (χ0v) is 11.3. The van der Waals surface area contributed by atoms with E-state index in [-0.39, 0.29) is 0 Å². The molecule has 0 saturated heterocycles. The van der Waals surface area contributed by atoms with Crippen LogP contribution in [0.1, 0.15) is 9.88 Å². The summed E-state index contributed by atoms with van der Waals surface area (Å²) in [5, 5.41) is 4.49. The highest BCUT2D eigenvalue weighted by Gasteiger charge is 1.99. The van der Waals surface area contributed by atoms with Crippen molar-refractivity contribution in [3.8, 4) is 0 Å². The number of aromatic nitrogens is 2. The average molecular weight is 298 g/mol. The number of hydrogen-bond acceptors (Lipinski definition) is 4. The molecule has 5 heteroatoms. The lowest BCUT2D eigenvalue weighted by atomic mass is 10.4. The molecule has 0 aliphatic heterocycles. The second kappa shape index (κ2) is 5.41. The number of thiazole rings is 1. The monoisotopic (exact) mass is 297 g/mol. The molecule has 16 heavy (non-hydrogen) atoms. The Balaban J connectivity index is 1.84. The van der Waals surface area contributed by atoms with Crippen LogP contribution in [0.25, 0.3) is 0 Å². The van der Waals surface area contributed by atoms with Gasteiger partial charge in [0.15, 0.2) is 0 Å². The lowest BCUT2D eigenvalue weighted by Gasteiger charge is -2.04. The summed E-state index contributed by atoms with van der Waals surface area (Å²) >= 11 is 5.14. The van der Waals surface area contributed by atoms with Gasteiger partial charge in [0.25, 0.3) is 0 Å². The van der Waals surface area contributed by atoms with Crippen molar-refractivity contribution in [2.45, 2.75) is 13.3 Å². The topological polar surface area (TPSA) is 37.8 Å². The third-order valence-electron chi connectivity index (χ3n) is 2.04. The molecule has 0 saturated carbocycles. The Kier molecular flexibility index (Phi) is 3.90. The first-order valence-corrected chi connectivity index (χ1v) is 6.61. The van der Waals surface area contributed by atoms with Crippen molar-refractivity contribution >= 4 is 33.0 Å². The highest BCUT2D eigenvalue weighted by molar-refractivity contribution is 9.10. The van der Waals surface area contributed by atoms with Gasteiger partial charge >= 0.3 is 0 Å². The van der Waals surface area contributed by atoms with E-state index >= 15 is 0 Å². The number of nitrogens with zero attached hydrogens (tertiary/aromatic N) is 2. The lowest BCUT2D eigenvalue weighted by molar-refractivity contribution is 0.995. The van der Waals surface area contributed by atoms with Gasteiger partial charge in [-0.05, 0) is 28.9 Å². The fourth-order valence-electron chi connectivity index (χ4n) is 1.34. The largest absolute Gasteiger partial charge is 0.383 e. The standard InChI is InChI=1S/C11H12BrN3S/c1-8-5-15-11(16-8)2-3-14-10-4-9(12)6-13-7-10/h4-7,14H,2-3H2,1H3. The van der Waals surface area contributed by atoms with Crippen LogP contribution in [0, 0.1) is 6.92 Å². The molecule has 2 rings (SSSR count). The van der Waals surface area contributed by atoms with E-state index in [1.54, 1.807) is 17.5 Å². The lowest BCUT2D eigenvalue weighted by Crippen LogP contribution is -2.04. The Labute approximate surface area is 107 Å². The molecule has 0 bridgehead atoms. The minimum absolute atomic E-state index is 0.880. The van der Waals surface area contributed by atoms with Crippen LogP contribution < -0.4 is 5.32 Å². The molecule has 3 nitrogen and oxygen atoms in total. The van der Waals surface area contributed by atoms with Crippen molar-refractivity contribution in [1.82, 2.24) is 9.97 Å². The quantitative estimate of drug-likeness (QED) is 0.941. The molecular weight excluding hydrogens is 286 g/mol.